The van der Waals surface area contributed by atoms with E-state index < -0.39 is 11.7 Å². The molecule has 10 heteroatoms. The second-order valence-corrected chi connectivity index (χ2v) is 6.85. The van der Waals surface area contributed by atoms with E-state index in [0.29, 0.717) is 22.6 Å². The SMILES string of the molecule is CO.N=C(CCC=NC(=N)CCO)CN(O)C(=O)c1ccc(-c2ccc(F)cc2Cl)cc1. The molecule has 0 radical (unpaired) electrons. The van der Waals surface area contributed by atoms with Gasteiger partial charge in [-0.05, 0) is 48.7 Å². The number of hydrogen-bond donors (Lipinski definition) is 5. The number of hydroxylamine groups is 2. The first kappa shape index (κ1) is 27.1. The van der Waals surface area contributed by atoms with Crippen molar-refractivity contribution in [3.63, 3.8) is 0 Å². The summed E-state index contributed by atoms with van der Waals surface area (Å²) in [7, 11) is 1.00. The van der Waals surface area contributed by atoms with E-state index in [1.165, 1.54) is 30.5 Å². The lowest BCUT2D eigenvalue weighted by molar-refractivity contribution is -0.0466. The van der Waals surface area contributed by atoms with Crippen molar-refractivity contribution in [2.45, 2.75) is 19.3 Å². The van der Waals surface area contributed by atoms with Crippen LogP contribution in [0.3, 0.4) is 0 Å². The van der Waals surface area contributed by atoms with Crippen LogP contribution in [0.15, 0.2) is 47.5 Å². The second kappa shape index (κ2) is 14.2. The van der Waals surface area contributed by atoms with Gasteiger partial charge in [0, 0.05) is 36.6 Å². The van der Waals surface area contributed by atoms with Gasteiger partial charge >= 0.3 is 0 Å². The highest BCUT2D eigenvalue weighted by molar-refractivity contribution is 6.33. The van der Waals surface area contributed by atoms with E-state index in [-0.39, 0.29) is 48.1 Å². The van der Waals surface area contributed by atoms with Crippen molar-refractivity contribution in [1.29, 1.82) is 10.8 Å². The Balaban J connectivity index is 0.00000249. The molecule has 0 aliphatic carbocycles. The molecule has 0 unspecified atom stereocenters. The van der Waals surface area contributed by atoms with Crippen molar-refractivity contribution in [3.05, 3.63) is 58.9 Å². The van der Waals surface area contributed by atoms with Crippen LogP contribution in [0.5, 0.6) is 0 Å². The van der Waals surface area contributed by atoms with Gasteiger partial charge in [-0.1, -0.05) is 23.7 Å². The van der Waals surface area contributed by atoms with E-state index in [4.69, 9.17) is 32.6 Å². The molecule has 32 heavy (non-hydrogen) atoms. The van der Waals surface area contributed by atoms with Gasteiger partial charge in [0.15, 0.2) is 0 Å². The van der Waals surface area contributed by atoms with E-state index in [0.717, 1.165) is 7.11 Å². The number of hydrogen-bond acceptors (Lipinski definition) is 6. The maximum Gasteiger partial charge on any atom is 0.277 e. The zero-order valence-electron chi connectivity index (χ0n) is 17.6. The van der Waals surface area contributed by atoms with Crippen LogP contribution in [0, 0.1) is 16.6 Å². The number of halogens is 2. The Morgan fingerprint density at radius 1 is 1.16 bits per heavy atom. The van der Waals surface area contributed by atoms with Gasteiger partial charge in [0.25, 0.3) is 5.91 Å². The van der Waals surface area contributed by atoms with E-state index in [1.54, 1.807) is 18.2 Å². The zero-order chi connectivity index (χ0) is 24.1. The number of aliphatic hydroxyl groups is 2. The minimum absolute atomic E-state index is 0.0494. The molecule has 0 saturated heterocycles. The van der Waals surface area contributed by atoms with Crippen LogP contribution in [-0.2, 0) is 0 Å². The number of amides is 1. The smallest absolute Gasteiger partial charge is 0.277 e. The lowest BCUT2D eigenvalue weighted by atomic mass is 10.0. The van der Waals surface area contributed by atoms with Gasteiger partial charge in [-0.15, -0.1) is 0 Å². The minimum atomic E-state index is -0.658. The predicted molar refractivity (Wildman–Crippen MR) is 123 cm³/mol. The van der Waals surface area contributed by atoms with Crippen molar-refractivity contribution in [1.82, 2.24) is 5.06 Å². The maximum absolute atomic E-state index is 13.2. The first-order chi connectivity index (χ1) is 15.3. The molecule has 0 fully saturated rings. The normalized spacial score (nSPS) is 10.4. The average Bonchev–Trinajstić information content (AvgIpc) is 2.78. The number of nitrogens with zero attached hydrogens (tertiary/aromatic N) is 2. The fraction of sp³-hybridized carbons (Fsp3) is 0.273. The van der Waals surface area contributed by atoms with Crippen LogP contribution in [-0.4, -0.2) is 64.4 Å². The number of carbonyl (C=O) groups is 1. The molecule has 172 valence electrons. The van der Waals surface area contributed by atoms with Crippen LogP contribution >= 0.6 is 11.6 Å². The summed E-state index contributed by atoms with van der Waals surface area (Å²) in [6.45, 7) is -0.405. The highest BCUT2D eigenvalue weighted by Gasteiger charge is 2.15. The molecule has 0 aliphatic heterocycles. The van der Waals surface area contributed by atoms with Gasteiger partial charge in [-0.3, -0.25) is 15.4 Å². The predicted octanol–water partition coefficient (Wildman–Crippen LogP) is 3.82. The van der Waals surface area contributed by atoms with E-state index in [1.807, 2.05) is 0 Å². The molecule has 0 spiro atoms. The van der Waals surface area contributed by atoms with Crippen LogP contribution in [0.1, 0.15) is 29.6 Å². The molecule has 0 aliphatic rings. The van der Waals surface area contributed by atoms with Crippen molar-refractivity contribution >= 4 is 35.3 Å². The molecule has 2 aromatic carbocycles. The highest BCUT2D eigenvalue weighted by Crippen LogP contribution is 2.28. The molecular weight excluding hydrogens is 439 g/mol. The van der Waals surface area contributed by atoms with Gasteiger partial charge < -0.3 is 15.6 Å². The van der Waals surface area contributed by atoms with Gasteiger partial charge in [0.1, 0.15) is 11.7 Å². The fourth-order valence-electron chi connectivity index (χ4n) is 2.58. The Kier molecular flexibility index (Phi) is 12.0. The standard InChI is InChI=1S/C21H22ClFN4O3.CH4O/c22-19-12-16(23)7-8-18(19)14-3-5-15(6-4-14)21(29)27(30)13-17(24)2-1-10-26-20(25)9-11-28;1-2/h3-8,10,12,24-25,28,30H,1-2,9,11,13H2;2H,1H3. The molecule has 5 N–H and O–H groups in total. The Morgan fingerprint density at radius 3 is 2.41 bits per heavy atom. The molecule has 0 saturated carbocycles. The summed E-state index contributed by atoms with van der Waals surface area (Å²) in [5.74, 6) is -1.05. The third-order valence-corrected chi connectivity index (χ3v) is 4.43. The molecule has 0 atom stereocenters. The number of carbonyl (C=O) groups excluding carboxylic acids is 1. The summed E-state index contributed by atoms with van der Waals surface area (Å²) in [6.07, 6.45) is 2.28. The molecule has 2 rings (SSSR count). The van der Waals surface area contributed by atoms with Gasteiger partial charge in [-0.25, -0.2) is 14.4 Å². The number of aliphatic hydroxyl groups excluding tert-OH is 2. The average molecular weight is 465 g/mol. The van der Waals surface area contributed by atoms with Crippen molar-refractivity contribution in [2.24, 2.45) is 4.99 Å². The first-order valence-corrected chi connectivity index (χ1v) is 9.97. The van der Waals surface area contributed by atoms with Crippen LogP contribution < -0.4 is 0 Å². The third-order valence-electron chi connectivity index (χ3n) is 4.12. The highest BCUT2D eigenvalue weighted by atomic mass is 35.5. The summed E-state index contributed by atoms with van der Waals surface area (Å²) < 4.78 is 13.2. The van der Waals surface area contributed by atoms with Crippen molar-refractivity contribution in [3.8, 4) is 11.1 Å². The molecule has 2 aromatic rings. The van der Waals surface area contributed by atoms with Crippen LogP contribution in [0.25, 0.3) is 11.1 Å². The third kappa shape index (κ3) is 8.64. The zero-order valence-corrected chi connectivity index (χ0v) is 18.3. The largest absolute Gasteiger partial charge is 0.400 e. The summed E-state index contributed by atoms with van der Waals surface area (Å²) in [4.78, 5) is 16.2. The van der Waals surface area contributed by atoms with Crippen LogP contribution in [0.4, 0.5) is 4.39 Å². The molecule has 8 nitrogen and oxygen atoms in total. The van der Waals surface area contributed by atoms with Gasteiger partial charge in [0.2, 0.25) is 0 Å². The molecule has 0 aromatic heterocycles. The Hall–Kier alpha value is -2.98. The summed E-state index contributed by atoms with van der Waals surface area (Å²) in [5.41, 5.74) is 1.67. The van der Waals surface area contributed by atoms with E-state index in [2.05, 4.69) is 4.99 Å². The summed E-state index contributed by atoms with van der Waals surface area (Å²) in [5, 5.41) is 41.7. The number of benzene rings is 2. The number of aliphatic imine (C=N–C) groups is 1. The second-order valence-electron chi connectivity index (χ2n) is 6.44. The summed E-state index contributed by atoms with van der Waals surface area (Å²) in [6, 6.07) is 10.4. The fourth-order valence-corrected chi connectivity index (χ4v) is 2.86. The topological polar surface area (TPSA) is 141 Å². The summed E-state index contributed by atoms with van der Waals surface area (Å²) >= 11 is 6.05. The quantitative estimate of drug-likeness (QED) is 0.166. The van der Waals surface area contributed by atoms with Gasteiger partial charge in [-0.2, -0.15) is 0 Å². The number of nitrogens with one attached hydrogen (secondary N) is 2. The lowest BCUT2D eigenvalue weighted by Crippen LogP contribution is -2.32. The Morgan fingerprint density at radius 2 is 1.81 bits per heavy atom. The number of amidine groups is 1. The molecule has 1 amide bonds. The molecular formula is C22H26ClFN4O4. The van der Waals surface area contributed by atoms with E-state index in [9.17, 15) is 14.4 Å². The van der Waals surface area contributed by atoms with E-state index >= 15 is 0 Å². The van der Waals surface area contributed by atoms with Crippen molar-refractivity contribution in [2.75, 3.05) is 20.3 Å². The molecule has 0 heterocycles. The lowest BCUT2D eigenvalue weighted by Gasteiger charge is -2.15. The first-order valence-electron chi connectivity index (χ1n) is 9.60. The minimum Gasteiger partial charge on any atom is -0.400 e. The van der Waals surface area contributed by atoms with Crippen molar-refractivity contribution < 1.29 is 24.6 Å². The Bertz CT molecular complexity index is 951. The van der Waals surface area contributed by atoms with Crippen LogP contribution in [0.2, 0.25) is 5.02 Å². The number of rotatable bonds is 9. The monoisotopic (exact) mass is 464 g/mol. The van der Waals surface area contributed by atoms with Gasteiger partial charge in [0.05, 0.1) is 18.2 Å². The molecule has 0 bridgehead atoms. The Labute approximate surface area is 190 Å². The maximum atomic E-state index is 13.2.